The van der Waals surface area contributed by atoms with Gasteiger partial charge in [0.2, 0.25) is 0 Å². The van der Waals surface area contributed by atoms with Crippen LogP contribution >= 0.6 is 0 Å². The SMILES string of the molecule is [2H]C([2H])([2H])C(=O)C([2H])([2H])CCCC(C)C. The Balaban J connectivity index is 4.24. The molecule has 0 bridgehead atoms. The minimum Gasteiger partial charge on any atom is -0.300 e. The molecule has 0 fully saturated rings. The minimum absolute atomic E-state index is 0.0115. The summed E-state index contributed by atoms with van der Waals surface area (Å²) in [6.45, 7) is 1.17. The summed E-state index contributed by atoms with van der Waals surface area (Å²) < 4.78 is 35.4. The number of carbonyl (C=O) groups is 1. The van der Waals surface area contributed by atoms with Crippen LogP contribution in [0.3, 0.4) is 0 Å². The van der Waals surface area contributed by atoms with Crippen molar-refractivity contribution in [1.29, 1.82) is 0 Å². The first-order valence-corrected chi connectivity index (χ1v) is 3.62. The Morgan fingerprint density at radius 3 is 2.80 bits per heavy atom. The van der Waals surface area contributed by atoms with E-state index in [9.17, 15) is 4.79 Å². The first kappa shape index (κ1) is 3.89. The summed E-state index contributed by atoms with van der Waals surface area (Å²) in [6, 6.07) is 0. The van der Waals surface area contributed by atoms with Gasteiger partial charge in [0.25, 0.3) is 0 Å². The smallest absolute Gasteiger partial charge is 0.129 e. The first-order valence-electron chi connectivity index (χ1n) is 6.12. The lowest BCUT2D eigenvalue weighted by atomic mass is 10.0. The highest BCUT2D eigenvalue weighted by atomic mass is 16.1. The summed E-state index contributed by atoms with van der Waals surface area (Å²) in [6.07, 6.45) is -0.900. The van der Waals surface area contributed by atoms with E-state index in [4.69, 9.17) is 6.85 Å². The lowest BCUT2D eigenvalue weighted by molar-refractivity contribution is -0.117. The Hall–Kier alpha value is -0.330. The van der Waals surface area contributed by atoms with E-state index in [1.165, 1.54) is 0 Å². The fourth-order valence-corrected chi connectivity index (χ4v) is 0.712. The van der Waals surface area contributed by atoms with Gasteiger partial charge in [-0.3, -0.25) is 0 Å². The molecule has 0 saturated carbocycles. The van der Waals surface area contributed by atoms with Gasteiger partial charge in [-0.05, 0) is 19.2 Å². The van der Waals surface area contributed by atoms with Crippen LogP contribution in [-0.2, 0) is 4.79 Å². The number of ketones is 1. The van der Waals surface area contributed by atoms with E-state index in [1.54, 1.807) is 0 Å². The Bertz CT molecular complexity index is 219. The molecule has 10 heavy (non-hydrogen) atoms. The fraction of sp³-hybridized carbons (Fsp3) is 0.889. The van der Waals surface area contributed by atoms with Gasteiger partial charge < -0.3 is 4.79 Å². The first-order chi connectivity index (χ1) is 6.57. The van der Waals surface area contributed by atoms with Crippen LogP contribution in [-0.4, -0.2) is 5.78 Å². The van der Waals surface area contributed by atoms with Gasteiger partial charge in [0, 0.05) is 13.2 Å². The maximum absolute atomic E-state index is 11.2. The average molecular weight is 147 g/mol. The van der Waals surface area contributed by atoms with Crippen LogP contribution in [0, 0.1) is 5.92 Å². The minimum atomic E-state index is -2.83. The van der Waals surface area contributed by atoms with Crippen LogP contribution in [0.25, 0.3) is 0 Å². The summed E-state index contributed by atoms with van der Waals surface area (Å²) in [5.41, 5.74) is 0. The Morgan fingerprint density at radius 2 is 2.30 bits per heavy atom. The number of carbonyl (C=O) groups excluding carboxylic acids is 1. The Labute approximate surface area is 70.8 Å². The highest BCUT2D eigenvalue weighted by molar-refractivity contribution is 5.75. The second kappa shape index (κ2) is 5.45. The van der Waals surface area contributed by atoms with E-state index in [2.05, 4.69) is 0 Å². The van der Waals surface area contributed by atoms with Gasteiger partial charge in [-0.1, -0.05) is 26.7 Å². The van der Waals surface area contributed by atoms with Gasteiger partial charge in [0.05, 0.1) is 0 Å². The predicted octanol–water partition coefficient (Wildman–Crippen LogP) is 2.79. The van der Waals surface area contributed by atoms with E-state index in [1.807, 2.05) is 13.8 Å². The van der Waals surface area contributed by atoms with E-state index < -0.39 is 19.0 Å². The second-order valence-electron chi connectivity index (χ2n) is 2.79. The van der Waals surface area contributed by atoms with Crippen molar-refractivity contribution >= 4 is 5.78 Å². The fourth-order valence-electron chi connectivity index (χ4n) is 0.712. The van der Waals surface area contributed by atoms with Gasteiger partial charge in [0.15, 0.2) is 0 Å². The van der Waals surface area contributed by atoms with Crippen molar-refractivity contribution in [1.82, 2.24) is 0 Å². The molecule has 0 radical (unpaired) electrons. The van der Waals surface area contributed by atoms with Crippen molar-refractivity contribution in [3.63, 3.8) is 0 Å². The van der Waals surface area contributed by atoms with Gasteiger partial charge in [0.1, 0.15) is 5.78 Å². The molecule has 0 atom stereocenters. The van der Waals surface area contributed by atoms with Crippen LogP contribution in [0.1, 0.15) is 53.2 Å². The number of rotatable bonds is 5. The largest absolute Gasteiger partial charge is 0.300 e. The molecule has 1 nitrogen and oxygen atoms in total. The number of hydrogen-bond donors (Lipinski definition) is 0. The summed E-state index contributed by atoms with van der Waals surface area (Å²) in [7, 11) is 0. The zero-order valence-electron chi connectivity index (χ0n) is 11.6. The molecule has 0 amide bonds. The molecule has 1 heteroatoms. The van der Waals surface area contributed by atoms with E-state index in [0.29, 0.717) is 12.3 Å². The number of Topliss-reactive ketones (excluding diaryl/α,β-unsaturated/α-hetero) is 1. The maximum atomic E-state index is 11.2. The monoisotopic (exact) mass is 147 g/mol. The zero-order chi connectivity index (χ0) is 12.3. The van der Waals surface area contributed by atoms with Crippen molar-refractivity contribution in [2.75, 3.05) is 0 Å². The van der Waals surface area contributed by atoms with Crippen molar-refractivity contribution in [3.8, 4) is 0 Å². The lowest BCUT2D eigenvalue weighted by Crippen LogP contribution is -1.91. The van der Waals surface area contributed by atoms with Crippen molar-refractivity contribution in [3.05, 3.63) is 0 Å². The Morgan fingerprint density at radius 1 is 1.60 bits per heavy atom. The molecule has 0 heterocycles. The standard InChI is InChI=1S/C9H18O/c1-8(2)6-4-5-7-9(3)10/h8H,4-7H2,1-3H3/i3D3,7D2. The summed E-state index contributed by atoms with van der Waals surface area (Å²) in [5, 5.41) is 0. The topological polar surface area (TPSA) is 17.1 Å². The quantitative estimate of drug-likeness (QED) is 0.584. The average Bonchev–Trinajstić information content (AvgIpc) is 2.00. The van der Waals surface area contributed by atoms with Crippen LogP contribution in [0.5, 0.6) is 0 Å². The highest BCUT2D eigenvalue weighted by Crippen LogP contribution is 2.07. The van der Waals surface area contributed by atoms with E-state index in [-0.39, 0.29) is 6.42 Å². The molecule has 0 rings (SSSR count). The highest BCUT2D eigenvalue weighted by Gasteiger charge is 1.95. The van der Waals surface area contributed by atoms with Gasteiger partial charge in [-0.25, -0.2) is 0 Å². The van der Waals surface area contributed by atoms with Crippen molar-refractivity contribution < 1.29 is 11.6 Å². The number of hydrogen-bond acceptors (Lipinski definition) is 1. The second-order valence-corrected chi connectivity index (χ2v) is 2.79. The predicted molar refractivity (Wildman–Crippen MR) is 44.0 cm³/mol. The third-order valence-electron chi connectivity index (χ3n) is 1.24. The molecule has 0 unspecified atom stereocenters. The normalized spacial score (nSPS) is 20.5. The van der Waals surface area contributed by atoms with Crippen molar-refractivity contribution in [2.24, 2.45) is 5.92 Å². The van der Waals surface area contributed by atoms with Crippen molar-refractivity contribution in [2.45, 2.75) is 46.3 Å². The van der Waals surface area contributed by atoms with Crippen LogP contribution in [0.4, 0.5) is 0 Å². The van der Waals surface area contributed by atoms with Crippen LogP contribution in [0.2, 0.25) is 0 Å². The molecular formula is C9H18O. The molecule has 0 saturated heterocycles. The third-order valence-corrected chi connectivity index (χ3v) is 1.24. The summed E-state index contributed by atoms with van der Waals surface area (Å²) in [5.74, 6) is -0.845. The molecule has 0 aromatic rings. The zero-order valence-corrected chi connectivity index (χ0v) is 6.61. The molecule has 0 aromatic carbocycles. The molecule has 0 spiro atoms. The summed E-state index contributed by atoms with van der Waals surface area (Å²) in [4.78, 5) is 11.2. The molecule has 0 aliphatic rings. The van der Waals surface area contributed by atoms with Gasteiger partial charge >= 0.3 is 0 Å². The molecular weight excluding hydrogens is 124 g/mol. The van der Waals surface area contributed by atoms with Gasteiger partial charge in [-0.2, -0.15) is 0 Å². The molecule has 0 aliphatic heterocycles. The molecule has 0 aromatic heterocycles. The molecule has 0 aliphatic carbocycles. The third kappa shape index (κ3) is 7.67. The van der Waals surface area contributed by atoms with E-state index >= 15 is 0 Å². The van der Waals surface area contributed by atoms with E-state index in [0.717, 1.165) is 6.42 Å². The maximum Gasteiger partial charge on any atom is 0.129 e. The lowest BCUT2D eigenvalue weighted by Gasteiger charge is -2.01. The van der Waals surface area contributed by atoms with Gasteiger partial charge in [-0.15, -0.1) is 0 Å². The Kier molecular flexibility index (Phi) is 2.12. The summed E-state index contributed by atoms with van der Waals surface area (Å²) >= 11 is 0. The molecule has 0 N–H and O–H groups in total. The van der Waals surface area contributed by atoms with Crippen LogP contribution < -0.4 is 0 Å². The molecule has 60 valence electrons. The van der Waals surface area contributed by atoms with Crippen LogP contribution in [0.15, 0.2) is 0 Å².